The molecule has 3 nitrogen and oxygen atoms in total. The average molecular weight is 265 g/mol. The van der Waals surface area contributed by atoms with Gasteiger partial charge in [0, 0.05) is 11.0 Å². The Morgan fingerprint density at radius 3 is 2.28 bits per heavy atom. The Balaban J connectivity index is 2.61. The van der Waals surface area contributed by atoms with Gasteiger partial charge in [-0.1, -0.05) is 50.6 Å². The standard InChI is InChI=1S/C14H17ClN2O/c1-14(2,3)12-11(9-18)13(15)17(16-12)10-7-5-4-6-8-10/h4-8,18H,9H2,1-3H3. The van der Waals surface area contributed by atoms with Gasteiger partial charge in [-0.05, 0) is 12.1 Å². The van der Waals surface area contributed by atoms with E-state index in [4.69, 9.17) is 11.6 Å². The summed E-state index contributed by atoms with van der Waals surface area (Å²) in [4.78, 5) is 0. The molecule has 0 aliphatic rings. The molecule has 0 spiro atoms. The molecule has 2 aromatic rings. The van der Waals surface area contributed by atoms with Crippen molar-refractivity contribution in [3.63, 3.8) is 0 Å². The van der Waals surface area contributed by atoms with Crippen molar-refractivity contribution in [3.05, 3.63) is 46.7 Å². The zero-order valence-electron chi connectivity index (χ0n) is 10.8. The Labute approximate surface area is 112 Å². The predicted octanol–water partition coefficient (Wildman–Crippen LogP) is 3.32. The van der Waals surface area contributed by atoms with Gasteiger partial charge in [-0.2, -0.15) is 5.10 Å². The van der Waals surface area contributed by atoms with Gasteiger partial charge in [-0.15, -0.1) is 0 Å². The minimum atomic E-state index is -0.151. The van der Waals surface area contributed by atoms with Crippen LogP contribution in [0.3, 0.4) is 0 Å². The first-order valence-electron chi connectivity index (χ1n) is 5.89. The van der Waals surface area contributed by atoms with Gasteiger partial charge in [0.2, 0.25) is 0 Å². The molecule has 0 saturated carbocycles. The van der Waals surface area contributed by atoms with E-state index in [2.05, 4.69) is 25.9 Å². The molecule has 0 aliphatic carbocycles. The molecule has 4 heteroatoms. The molecule has 0 saturated heterocycles. The molecule has 1 N–H and O–H groups in total. The zero-order chi connectivity index (χ0) is 13.3. The fourth-order valence-corrected chi connectivity index (χ4v) is 2.20. The van der Waals surface area contributed by atoms with Crippen LogP contribution in [0.5, 0.6) is 0 Å². The Bertz CT molecular complexity index is 541. The van der Waals surface area contributed by atoms with Gasteiger partial charge in [-0.3, -0.25) is 0 Å². The lowest BCUT2D eigenvalue weighted by atomic mass is 9.90. The topological polar surface area (TPSA) is 38.0 Å². The highest BCUT2D eigenvalue weighted by molar-refractivity contribution is 6.30. The summed E-state index contributed by atoms with van der Waals surface area (Å²) < 4.78 is 1.67. The number of aliphatic hydroxyl groups excluding tert-OH is 1. The molecule has 18 heavy (non-hydrogen) atoms. The SMILES string of the molecule is CC(C)(C)c1nn(-c2ccccc2)c(Cl)c1CO. The number of benzene rings is 1. The van der Waals surface area contributed by atoms with E-state index in [0.29, 0.717) is 10.7 Å². The van der Waals surface area contributed by atoms with Gasteiger partial charge < -0.3 is 5.11 Å². The predicted molar refractivity (Wildman–Crippen MR) is 73.2 cm³/mol. The van der Waals surface area contributed by atoms with Crippen molar-refractivity contribution in [2.24, 2.45) is 0 Å². The number of para-hydroxylation sites is 1. The normalized spacial score (nSPS) is 11.8. The summed E-state index contributed by atoms with van der Waals surface area (Å²) in [5.41, 5.74) is 2.28. The molecule has 0 atom stereocenters. The second-order valence-corrected chi connectivity index (χ2v) is 5.63. The minimum Gasteiger partial charge on any atom is -0.391 e. The number of hydrogen-bond acceptors (Lipinski definition) is 2. The van der Waals surface area contributed by atoms with Crippen molar-refractivity contribution < 1.29 is 5.11 Å². The van der Waals surface area contributed by atoms with E-state index in [0.717, 1.165) is 11.4 Å². The summed E-state index contributed by atoms with van der Waals surface area (Å²) in [6.07, 6.45) is 0. The van der Waals surface area contributed by atoms with Gasteiger partial charge >= 0.3 is 0 Å². The smallest absolute Gasteiger partial charge is 0.138 e. The first-order valence-corrected chi connectivity index (χ1v) is 6.27. The van der Waals surface area contributed by atoms with Gasteiger partial charge in [0.25, 0.3) is 0 Å². The van der Waals surface area contributed by atoms with Crippen molar-refractivity contribution in [2.45, 2.75) is 32.8 Å². The molecule has 96 valence electrons. The van der Waals surface area contributed by atoms with Crippen LogP contribution in [0, 0.1) is 0 Å². The first-order chi connectivity index (χ1) is 8.45. The highest BCUT2D eigenvalue weighted by atomic mass is 35.5. The van der Waals surface area contributed by atoms with Crippen LogP contribution in [0.4, 0.5) is 0 Å². The van der Waals surface area contributed by atoms with Crippen molar-refractivity contribution in [1.82, 2.24) is 9.78 Å². The molecule has 0 bridgehead atoms. The Kier molecular flexibility index (Phi) is 3.46. The van der Waals surface area contributed by atoms with Crippen LogP contribution in [0.2, 0.25) is 5.15 Å². The highest BCUT2D eigenvalue weighted by Gasteiger charge is 2.25. The highest BCUT2D eigenvalue weighted by Crippen LogP contribution is 2.31. The van der Waals surface area contributed by atoms with Gasteiger partial charge in [0.05, 0.1) is 18.0 Å². The number of nitrogens with zero attached hydrogens (tertiary/aromatic N) is 2. The van der Waals surface area contributed by atoms with E-state index in [9.17, 15) is 5.11 Å². The molecular weight excluding hydrogens is 248 g/mol. The third-order valence-corrected chi connectivity index (χ3v) is 3.18. The fraction of sp³-hybridized carbons (Fsp3) is 0.357. The van der Waals surface area contributed by atoms with E-state index in [-0.39, 0.29) is 12.0 Å². The average Bonchev–Trinajstić information content (AvgIpc) is 2.67. The van der Waals surface area contributed by atoms with Crippen LogP contribution in [0.15, 0.2) is 30.3 Å². The molecule has 0 aliphatic heterocycles. The Hall–Kier alpha value is -1.32. The molecular formula is C14H17ClN2O. The van der Waals surface area contributed by atoms with Crippen LogP contribution in [-0.4, -0.2) is 14.9 Å². The first kappa shape index (κ1) is 13.1. The summed E-state index contributed by atoms with van der Waals surface area (Å²) >= 11 is 6.31. The number of hydrogen-bond donors (Lipinski definition) is 1. The quantitative estimate of drug-likeness (QED) is 0.904. The van der Waals surface area contributed by atoms with E-state index < -0.39 is 0 Å². The lowest BCUT2D eigenvalue weighted by Crippen LogP contribution is -2.14. The molecule has 1 aromatic carbocycles. The lowest BCUT2D eigenvalue weighted by Gasteiger charge is -2.16. The number of halogens is 1. The van der Waals surface area contributed by atoms with Crippen LogP contribution >= 0.6 is 11.6 Å². The second-order valence-electron chi connectivity index (χ2n) is 5.27. The van der Waals surface area contributed by atoms with E-state index in [1.54, 1.807) is 4.68 Å². The van der Waals surface area contributed by atoms with E-state index >= 15 is 0 Å². The summed E-state index contributed by atoms with van der Waals surface area (Å²) in [7, 11) is 0. The zero-order valence-corrected chi connectivity index (χ0v) is 11.6. The summed E-state index contributed by atoms with van der Waals surface area (Å²) in [6, 6.07) is 9.68. The molecule has 0 fully saturated rings. The lowest BCUT2D eigenvalue weighted by molar-refractivity contribution is 0.278. The molecule has 0 amide bonds. The summed E-state index contributed by atoms with van der Waals surface area (Å²) in [5, 5.41) is 14.5. The van der Waals surface area contributed by atoms with Crippen LogP contribution in [-0.2, 0) is 12.0 Å². The van der Waals surface area contributed by atoms with Gasteiger partial charge in [0.1, 0.15) is 5.15 Å². The van der Waals surface area contributed by atoms with E-state index in [1.165, 1.54) is 0 Å². The molecule has 0 unspecified atom stereocenters. The number of aliphatic hydroxyl groups is 1. The van der Waals surface area contributed by atoms with Crippen molar-refractivity contribution in [3.8, 4) is 5.69 Å². The van der Waals surface area contributed by atoms with Crippen molar-refractivity contribution in [2.75, 3.05) is 0 Å². The second kappa shape index (κ2) is 4.75. The van der Waals surface area contributed by atoms with Crippen LogP contribution in [0.1, 0.15) is 32.0 Å². The molecule has 2 rings (SSSR count). The van der Waals surface area contributed by atoms with Crippen molar-refractivity contribution in [1.29, 1.82) is 0 Å². The Morgan fingerprint density at radius 1 is 1.22 bits per heavy atom. The maximum Gasteiger partial charge on any atom is 0.138 e. The van der Waals surface area contributed by atoms with Gasteiger partial charge in [0.15, 0.2) is 0 Å². The maximum atomic E-state index is 9.49. The van der Waals surface area contributed by atoms with Crippen molar-refractivity contribution >= 4 is 11.6 Å². The Morgan fingerprint density at radius 2 is 1.83 bits per heavy atom. The maximum absolute atomic E-state index is 9.49. The minimum absolute atomic E-state index is 0.0989. The fourth-order valence-electron chi connectivity index (χ4n) is 1.91. The molecule has 1 aromatic heterocycles. The van der Waals surface area contributed by atoms with Crippen LogP contribution < -0.4 is 0 Å². The van der Waals surface area contributed by atoms with Crippen LogP contribution in [0.25, 0.3) is 5.69 Å². The van der Waals surface area contributed by atoms with E-state index in [1.807, 2.05) is 30.3 Å². The number of rotatable bonds is 2. The molecule has 1 heterocycles. The summed E-state index contributed by atoms with van der Waals surface area (Å²) in [6.45, 7) is 6.07. The summed E-state index contributed by atoms with van der Waals surface area (Å²) in [5.74, 6) is 0. The molecule has 0 radical (unpaired) electrons. The third-order valence-electron chi connectivity index (χ3n) is 2.79. The number of aromatic nitrogens is 2. The third kappa shape index (κ3) is 2.28. The largest absolute Gasteiger partial charge is 0.391 e. The van der Waals surface area contributed by atoms with Gasteiger partial charge in [-0.25, -0.2) is 4.68 Å². The monoisotopic (exact) mass is 264 g/mol.